The number of carbonyl (C=O) groups is 1. The standard InChI is InChI=1S/C17H17N5O2/c1-12-2-8-15(9-3-12)24-11-10-22-20-17(19-21-22)14-6-4-13(5-7-14)16(18)23/h2-9H,10-11H2,1H3,(H2,18,23). The van der Waals surface area contributed by atoms with Gasteiger partial charge in [-0.2, -0.15) is 4.80 Å². The second-order valence-electron chi connectivity index (χ2n) is 5.31. The van der Waals surface area contributed by atoms with E-state index in [2.05, 4.69) is 15.4 Å². The molecular formula is C17H17N5O2. The van der Waals surface area contributed by atoms with E-state index < -0.39 is 5.91 Å². The van der Waals surface area contributed by atoms with Crippen molar-refractivity contribution in [3.63, 3.8) is 0 Å². The lowest BCUT2D eigenvalue weighted by molar-refractivity contribution is 0.100. The van der Waals surface area contributed by atoms with Crippen molar-refractivity contribution >= 4 is 5.91 Å². The molecule has 0 aliphatic carbocycles. The molecule has 122 valence electrons. The molecule has 1 heterocycles. The van der Waals surface area contributed by atoms with Gasteiger partial charge in [0.15, 0.2) is 0 Å². The monoisotopic (exact) mass is 323 g/mol. The van der Waals surface area contributed by atoms with Gasteiger partial charge in [0.25, 0.3) is 0 Å². The number of aryl methyl sites for hydroxylation is 1. The topological polar surface area (TPSA) is 95.9 Å². The minimum absolute atomic E-state index is 0.442. The van der Waals surface area contributed by atoms with Crippen molar-refractivity contribution in [3.05, 3.63) is 59.7 Å². The van der Waals surface area contributed by atoms with E-state index in [0.29, 0.717) is 24.5 Å². The molecule has 1 amide bonds. The fourth-order valence-corrected chi connectivity index (χ4v) is 2.12. The van der Waals surface area contributed by atoms with Crippen molar-refractivity contribution in [2.45, 2.75) is 13.5 Å². The van der Waals surface area contributed by atoms with E-state index in [1.165, 1.54) is 10.4 Å². The number of nitrogens with zero attached hydrogens (tertiary/aromatic N) is 4. The van der Waals surface area contributed by atoms with Crippen LogP contribution in [0, 0.1) is 6.92 Å². The second-order valence-corrected chi connectivity index (χ2v) is 5.31. The Balaban J connectivity index is 1.59. The number of carbonyl (C=O) groups excluding carboxylic acids is 1. The van der Waals surface area contributed by atoms with Gasteiger partial charge in [-0.25, -0.2) is 0 Å². The molecule has 7 heteroatoms. The van der Waals surface area contributed by atoms with Gasteiger partial charge in [0.05, 0.1) is 6.54 Å². The number of tetrazole rings is 1. The van der Waals surface area contributed by atoms with Gasteiger partial charge in [0, 0.05) is 11.1 Å². The number of primary amides is 1. The molecule has 0 aliphatic heterocycles. The highest BCUT2D eigenvalue weighted by molar-refractivity contribution is 5.93. The third-order valence-corrected chi connectivity index (χ3v) is 3.46. The van der Waals surface area contributed by atoms with Crippen LogP contribution in [0.3, 0.4) is 0 Å². The van der Waals surface area contributed by atoms with Crippen LogP contribution in [0.4, 0.5) is 0 Å². The first-order chi connectivity index (χ1) is 11.6. The first-order valence-electron chi connectivity index (χ1n) is 7.49. The van der Waals surface area contributed by atoms with Gasteiger partial charge in [-0.1, -0.05) is 29.8 Å². The lowest BCUT2D eigenvalue weighted by atomic mass is 10.1. The Hall–Kier alpha value is -3.22. The fourth-order valence-electron chi connectivity index (χ4n) is 2.12. The first-order valence-corrected chi connectivity index (χ1v) is 7.49. The van der Waals surface area contributed by atoms with Crippen LogP contribution in [0.2, 0.25) is 0 Å². The van der Waals surface area contributed by atoms with Crippen LogP contribution < -0.4 is 10.5 Å². The summed E-state index contributed by atoms with van der Waals surface area (Å²) in [6.45, 7) is 2.96. The molecule has 0 fully saturated rings. The maximum Gasteiger partial charge on any atom is 0.248 e. The second kappa shape index (κ2) is 6.91. The van der Waals surface area contributed by atoms with E-state index in [4.69, 9.17) is 10.5 Å². The van der Waals surface area contributed by atoms with Crippen molar-refractivity contribution in [2.24, 2.45) is 5.73 Å². The molecule has 0 saturated carbocycles. The molecule has 0 atom stereocenters. The normalized spacial score (nSPS) is 10.5. The van der Waals surface area contributed by atoms with Gasteiger partial charge in [-0.3, -0.25) is 4.79 Å². The number of hydrogen-bond donors (Lipinski definition) is 1. The summed E-state index contributed by atoms with van der Waals surface area (Å²) in [5, 5.41) is 12.3. The van der Waals surface area contributed by atoms with Crippen molar-refractivity contribution < 1.29 is 9.53 Å². The fraction of sp³-hybridized carbons (Fsp3) is 0.176. The van der Waals surface area contributed by atoms with Crippen LogP contribution in [0.5, 0.6) is 5.75 Å². The van der Waals surface area contributed by atoms with E-state index >= 15 is 0 Å². The Morgan fingerprint density at radius 2 is 1.83 bits per heavy atom. The molecule has 0 aliphatic rings. The minimum Gasteiger partial charge on any atom is -0.492 e. The Kier molecular flexibility index (Phi) is 4.51. The lowest BCUT2D eigenvalue weighted by Crippen LogP contribution is -2.11. The zero-order valence-electron chi connectivity index (χ0n) is 13.2. The number of aromatic nitrogens is 4. The average Bonchev–Trinajstić information content (AvgIpc) is 3.06. The van der Waals surface area contributed by atoms with Crippen molar-refractivity contribution in [3.8, 4) is 17.1 Å². The molecule has 2 aromatic carbocycles. The smallest absolute Gasteiger partial charge is 0.248 e. The Morgan fingerprint density at radius 1 is 1.12 bits per heavy atom. The van der Waals surface area contributed by atoms with Gasteiger partial charge in [0.2, 0.25) is 11.7 Å². The highest BCUT2D eigenvalue weighted by Crippen LogP contribution is 2.14. The lowest BCUT2D eigenvalue weighted by Gasteiger charge is -2.05. The molecule has 0 radical (unpaired) electrons. The Labute approximate surface area is 139 Å². The summed E-state index contributed by atoms with van der Waals surface area (Å²) >= 11 is 0. The maximum atomic E-state index is 11.1. The van der Waals surface area contributed by atoms with Gasteiger partial charge in [-0.05, 0) is 36.4 Å². The molecule has 0 spiro atoms. The number of rotatable bonds is 6. The summed E-state index contributed by atoms with van der Waals surface area (Å²) in [5.41, 5.74) is 7.62. The van der Waals surface area contributed by atoms with Gasteiger partial charge in [0.1, 0.15) is 12.4 Å². The third kappa shape index (κ3) is 3.75. The highest BCUT2D eigenvalue weighted by Gasteiger charge is 2.07. The molecule has 0 bridgehead atoms. The van der Waals surface area contributed by atoms with E-state index in [1.807, 2.05) is 31.2 Å². The maximum absolute atomic E-state index is 11.1. The third-order valence-electron chi connectivity index (χ3n) is 3.46. The predicted molar refractivity (Wildman–Crippen MR) is 88.4 cm³/mol. The van der Waals surface area contributed by atoms with Crippen LogP contribution in [-0.4, -0.2) is 32.7 Å². The van der Waals surface area contributed by atoms with Crippen LogP contribution in [0.25, 0.3) is 11.4 Å². The van der Waals surface area contributed by atoms with Crippen molar-refractivity contribution in [1.82, 2.24) is 20.2 Å². The Morgan fingerprint density at radius 3 is 2.50 bits per heavy atom. The summed E-state index contributed by atoms with van der Waals surface area (Å²) in [6.07, 6.45) is 0. The van der Waals surface area contributed by atoms with Crippen LogP contribution >= 0.6 is 0 Å². The van der Waals surface area contributed by atoms with E-state index in [-0.39, 0.29) is 0 Å². The number of amides is 1. The molecule has 3 aromatic rings. The first kappa shape index (κ1) is 15.7. The molecule has 0 saturated heterocycles. The zero-order valence-corrected chi connectivity index (χ0v) is 13.2. The van der Waals surface area contributed by atoms with Crippen molar-refractivity contribution in [1.29, 1.82) is 0 Å². The SMILES string of the molecule is Cc1ccc(OCCn2nnc(-c3ccc(C(N)=O)cc3)n2)cc1. The number of nitrogens with two attached hydrogens (primary N) is 1. The quantitative estimate of drug-likeness (QED) is 0.746. The van der Waals surface area contributed by atoms with E-state index in [1.54, 1.807) is 24.3 Å². The van der Waals surface area contributed by atoms with E-state index in [9.17, 15) is 4.79 Å². The summed E-state index contributed by atoms with van der Waals surface area (Å²) in [4.78, 5) is 12.5. The number of ether oxygens (including phenoxy) is 1. The number of benzene rings is 2. The molecule has 0 unspecified atom stereocenters. The van der Waals surface area contributed by atoms with Crippen LogP contribution in [0.1, 0.15) is 15.9 Å². The summed E-state index contributed by atoms with van der Waals surface area (Å²) in [7, 11) is 0. The molecule has 3 rings (SSSR count). The van der Waals surface area contributed by atoms with Crippen LogP contribution in [0.15, 0.2) is 48.5 Å². The molecule has 1 aromatic heterocycles. The van der Waals surface area contributed by atoms with E-state index in [0.717, 1.165) is 11.3 Å². The van der Waals surface area contributed by atoms with Crippen molar-refractivity contribution in [2.75, 3.05) is 6.61 Å². The molecular weight excluding hydrogens is 306 g/mol. The van der Waals surface area contributed by atoms with Gasteiger partial charge in [-0.15, -0.1) is 10.2 Å². The van der Waals surface area contributed by atoms with Gasteiger partial charge >= 0.3 is 0 Å². The predicted octanol–water partition coefficient (Wildman–Crippen LogP) is 1.83. The summed E-state index contributed by atoms with van der Waals surface area (Å²) < 4.78 is 5.64. The summed E-state index contributed by atoms with van der Waals surface area (Å²) in [5.74, 6) is 0.829. The molecule has 2 N–H and O–H groups in total. The van der Waals surface area contributed by atoms with Gasteiger partial charge < -0.3 is 10.5 Å². The highest BCUT2D eigenvalue weighted by atomic mass is 16.5. The molecule has 24 heavy (non-hydrogen) atoms. The van der Waals surface area contributed by atoms with Crippen LogP contribution in [-0.2, 0) is 6.54 Å². The zero-order chi connectivity index (χ0) is 16.9. The Bertz CT molecular complexity index is 825. The largest absolute Gasteiger partial charge is 0.492 e. The summed E-state index contributed by atoms with van der Waals surface area (Å²) in [6, 6.07) is 14.6. The number of hydrogen-bond acceptors (Lipinski definition) is 5. The molecule has 7 nitrogen and oxygen atoms in total. The average molecular weight is 323 g/mol. The minimum atomic E-state index is -0.466.